The topological polar surface area (TPSA) is 80.7 Å². The number of carbonyl (C=O) groups is 3. The van der Waals surface area contributed by atoms with Crippen LogP contribution in [0.2, 0.25) is 0 Å². The summed E-state index contributed by atoms with van der Waals surface area (Å²) in [4.78, 5) is 38.5. The molecule has 0 aromatic rings. The van der Waals surface area contributed by atoms with Gasteiger partial charge < -0.3 is 9.84 Å². The molecule has 4 aliphatic carbocycles. The summed E-state index contributed by atoms with van der Waals surface area (Å²) in [5.41, 5.74) is -6.28. The van der Waals surface area contributed by atoms with Crippen LogP contribution >= 0.6 is 11.6 Å². The maximum absolute atomic E-state index is 17.3. The van der Waals surface area contributed by atoms with Crippen LogP contribution in [0, 0.1) is 28.6 Å². The molecule has 0 radical (unpaired) electrons. The minimum Gasteiger partial charge on any atom is -0.450 e. The molecule has 8 heteroatoms. The summed E-state index contributed by atoms with van der Waals surface area (Å²) < 4.78 is 38.3. The van der Waals surface area contributed by atoms with Crippen molar-refractivity contribution in [1.82, 2.24) is 0 Å². The molecule has 0 aromatic heterocycles. The van der Waals surface area contributed by atoms with Gasteiger partial charge in [0.1, 0.15) is 0 Å². The van der Waals surface area contributed by atoms with Gasteiger partial charge in [0.2, 0.25) is 5.78 Å². The summed E-state index contributed by atoms with van der Waals surface area (Å²) in [5, 5.41) is 11.5. The molecule has 0 heterocycles. The van der Waals surface area contributed by atoms with Crippen molar-refractivity contribution >= 4 is 29.1 Å². The Labute approximate surface area is 216 Å². The first-order valence-electron chi connectivity index (χ1n) is 13.2. The highest BCUT2D eigenvalue weighted by Crippen LogP contribution is 2.71. The minimum absolute atomic E-state index is 0.0906. The first-order chi connectivity index (χ1) is 16.8. The van der Waals surface area contributed by atoms with Crippen molar-refractivity contribution in [2.75, 3.05) is 5.88 Å². The van der Waals surface area contributed by atoms with Crippen molar-refractivity contribution in [1.29, 1.82) is 0 Å². The van der Waals surface area contributed by atoms with Crippen LogP contribution in [0.5, 0.6) is 0 Å². The molecular weight excluding hydrogens is 490 g/mol. The molecule has 8 atom stereocenters. The second kappa shape index (κ2) is 9.30. The van der Waals surface area contributed by atoms with E-state index in [1.807, 2.05) is 20.8 Å². The van der Waals surface area contributed by atoms with Crippen LogP contribution < -0.4 is 0 Å². The Morgan fingerprint density at radius 3 is 2.58 bits per heavy atom. The second-order valence-corrected chi connectivity index (χ2v) is 12.0. The second-order valence-electron chi connectivity index (χ2n) is 11.7. The van der Waals surface area contributed by atoms with E-state index in [1.165, 1.54) is 6.08 Å². The van der Waals surface area contributed by atoms with Gasteiger partial charge in [-0.3, -0.25) is 14.4 Å². The van der Waals surface area contributed by atoms with E-state index in [0.29, 0.717) is 12.8 Å². The summed E-state index contributed by atoms with van der Waals surface area (Å²) in [6.45, 7) is 7.21. The molecule has 0 saturated heterocycles. The molecule has 1 N–H and O–H groups in total. The van der Waals surface area contributed by atoms with Gasteiger partial charge in [0.15, 0.2) is 22.9 Å². The van der Waals surface area contributed by atoms with E-state index in [2.05, 4.69) is 0 Å². The van der Waals surface area contributed by atoms with Crippen LogP contribution in [0.25, 0.3) is 0 Å². The van der Waals surface area contributed by atoms with Gasteiger partial charge in [-0.05, 0) is 56.6 Å². The Bertz CT molecular complexity index is 1030. The SMILES string of the molecule is CCCCCC(=O)O[C@@]1(C(=O)CCl)[C@@H](C)C[C@H]2[C@@H]3CCC4=C(F)C(=O)C=C[C@]4(C)[C@@]3(F)[C@@H](O)C[C@@]21C. The number of fused-ring (bicyclic) bond motifs is 5. The van der Waals surface area contributed by atoms with Crippen molar-refractivity contribution in [3.63, 3.8) is 0 Å². The van der Waals surface area contributed by atoms with E-state index in [4.69, 9.17) is 16.3 Å². The van der Waals surface area contributed by atoms with E-state index in [-0.39, 0.29) is 37.1 Å². The fraction of sp³-hybridized carbons (Fsp3) is 0.750. The highest BCUT2D eigenvalue weighted by Gasteiger charge is 2.77. The van der Waals surface area contributed by atoms with Crippen molar-refractivity contribution < 1.29 is 33.0 Å². The first kappa shape index (κ1) is 27.4. The van der Waals surface area contributed by atoms with Crippen molar-refractivity contribution in [2.24, 2.45) is 28.6 Å². The maximum Gasteiger partial charge on any atom is 0.306 e. The monoisotopic (exact) mass is 526 g/mol. The zero-order chi connectivity index (χ0) is 26.7. The van der Waals surface area contributed by atoms with Gasteiger partial charge in [0.05, 0.1) is 12.0 Å². The highest BCUT2D eigenvalue weighted by atomic mass is 35.5. The van der Waals surface area contributed by atoms with Crippen LogP contribution in [0.3, 0.4) is 0 Å². The number of halogens is 3. The maximum atomic E-state index is 17.3. The third-order valence-corrected chi connectivity index (χ3v) is 10.3. The first-order valence-corrected chi connectivity index (χ1v) is 13.7. The third kappa shape index (κ3) is 3.44. The quantitative estimate of drug-likeness (QED) is 0.266. The zero-order valence-electron chi connectivity index (χ0n) is 21.5. The number of aliphatic hydroxyl groups is 1. The number of hydrogen-bond acceptors (Lipinski definition) is 5. The molecule has 0 aliphatic heterocycles. The van der Waals surface area contributed by atoms with Gasteiger partial charge in [-0.2, -0.15) is 0 Å². The van der Waals surface area contributed by atoms with Crippen LogP contribution in [-0.4, -0.2) is 45.9 Å². The molecule has 0 spiro atoms. The Hall–Kier alpha value is -1.60. The average Bonchev–Trinajstić information content (AvgIpc) is 3.04. The molecule has 200 valence electrons. The molecule has 0 unspecified atom stereocenters. The van der Waals surface area contributed by atoms with Gasteiger partial charge in [-0.1, -0.05) is 39.7 Å². The largest absolute Gasteiger partial charge is 0.450 e. The summed E-state index contributed by atoms with van der Waals surface area (Å²) >= 11 is 6.07. The summed E-state index contributed by atoms with van der Waals surface area (Å²) in [7, 11) is 0. The van der Waals surface area contributed by atoms with Crippen LogP contribution in [-0.2, 0) is 19.1 Å². The standard InChI is InChI=1S/C28H37ClF2O5/c1-5-6-7-8-23(35)36-28(22(34)15-29)16(2)13-19-17-9-10-18-24(30)20(32)11-12-25(18,3)27(17,31)21(33)14-26(19,28)4/h11-12,16-17,19,21,33H,5-10,13-15H2,1-4H3/t16-,17-,19-,21-,25-,26-,27-,28+/m0/s1. The lowest BCUT2D eigenvalue weighted by Gasteiger charge is -2.62. The number of carbonyl (C=O) groups excluding carboxylic acids is 3. The summed E-state index contributed by atoms with van der Waals surface area (Å²) in [6, 6.07) is 0. The van der Waals surface area contributed by atoms with E-state index in [0.717, 1.165) is 18.9 Å². The molecule has 3 fully saturated rings. The van der Waals surface area contributed by atoms with E-state index >= 15 is 4.39 Å². The molecule has 0 aromatic carbocycles. The number of ether oxygens (including phenoxy) is 1. The van der Waals surface area contributed by atoms with Gasteiger partial charge in [0, 0.05) is 29.1 Å². The van der Waals surface area contributed by atoms with Crippen LogP contribution in [0.15, 0.2) is 23.6 Å². The number of rotatable bonds is 7. The molecule has 3 saturated carbocycles. The van der Waals surface area contributed by atoms with Crippen LogP contribution in [0.4, 0.5) is 8.78 Å². The number of unbranched alkanes of at least 4 members (excludes halogenated alkanes) is 2. The number of ketones is 2. The third-order valence-electron chi connectivity index (χ3n) is 10.1. The lowest BCUT2D eigenvalue weighted by molar-refractivity contribution is -0.227. The van der Waals surface area contributed by atoms with E-state index < -0.39 is 69.3 Å². The molecule has 4 aliphatic rings. The van der Waals surface area contributed by atoms with E-state index in [1.54, 1.807) is 6.92 Å². The number of Topliss-reactive ketones (excluding diaryl/α,β-unsaturated/α-hetero) is 1. The fourth-order valence-electron chi connectivity index (χ4n) is 8.33. The van der Waals surface area contributed by atoms with Gasteiger partial charge in [-0.25, -0.2) is 8.78 Å². The Balaban J connectivity index is 1.78. The number of alkyl halides is 2. The highest BCUT2D eigenvalue weighted by molar-refractivity contribution is 6.29. The van der Waals surface area contributed by atoms with Gasteiger partial charge in [-0.15, -0.1) is 11.6 Å². The normalized spacial score (nSPS) is 43.6. The Kier molecular flexibility index (Phi) is 7.09. The number of esters is 1. The molecular formula is C28H37ClF2O5. The van der Waals surface area contributed by atoms with Crippen molar-refractivity contribution in [3.05, 3.63) is 23.6 Å². The lowest BCUT2D eigenvalue weighted by atomic mass is 9.44. The smallest absolute Gasteiger partial charge is 0.306 e. The minimum atomic E-state index is -2.25. The number of hydrogen-bond donors (Lipinski definition) is 1. The fourth-order valence-corrected chi connectivity index (χ4v) is 8.53. The average molecular weight is 527 g/mol. The summed E-state index contributed by atoms with van der Waals surface area (Å²) in [6.07, 6.45) is 4.13. The molecule has 0 amide bonds. The van der Waals surface area contributed by atoms with Crippen LogP contribution in [0.1, 0.15) is 79.1 Å². The van der Waals surface area contributed by atoms with Crippen molar-refractivity contribution in [2.45, 2.75) is 96.4 Å². The predicted molar refractivity (Wildman–Crippen MR) is 132 cm³/mol. The lowest BCUT2D eigenvalue weighted by Crippen LogP contribution is -2.70. The van der Waals surface area contributed by atoms with E-state index in [9.17, 15) is 23.9 Å². The number of aliphatic hydroxyl groups excluding tert-OH is 1. The molecule has 4 rings (SSSR count). The molecule has 36 heavy (non-hydrogen) atoms. The number of allylic oxidation sites excluding steroid dienone is 4. The molecule has 5 nitrogen and oxygen atoms in total. The van der Waals surface area contributed by atoms with Crippen molar-refractivity contribution in [3.8, 4) is 0 Å². The predicted octanol–water partition coefficient (Wildman–Crippen LogP) is 5.57. The summed E-state index contributed by atoms with van der Waals surface area (Å²) in [5.74, 6) is -4.58. The Morgan fingerprint density at radius 1 is 1.25 bits per heavy atom. The van der Waals surface area contributed by atoms with Gasteiger partial charge in [0.25, 0.3) is 0 Å². The Morgan fingerprint density at radius 2 is 1.94 bits per heavy atom. The molecule has 0 bridgehead atoms. The van der Waals surface area contributed by atoms with Gasteiger partial charge >= 0.3 is 5.97 Å². The zero-order valence-corrected chi connectivity index (χ0v) is 22.3.